The molecule has 0 unspecified atom stereocenters. The Bertz CT molecular complexity index is 392. The zero-order chi connectivity index (χ0) is 11.7. The maximum Gasteiger partial charge on any atom is 0.0422 e. The van der Waals surface area contributed by atoms with Crippen LogP contribution >= 0.6 is 0 Å². The highest BCUT2D eigenvalue weighted by Crippen LogP contribution is 2.36. The standard InChI is InChI=1S/C15H22N2/c16-14-8-5-9-15-13(14)10-11-17(15)12-6-3-1-2-4-7-12/h5,8-9,12H,1-4,6-7,10-11,16H2. The van der Waals surface area contributed by atoms with Crippen molar-refractivity contribution < 1.29 is 0 Å². The first-order valence-corrected chi connectivity index (χ1v) is 7.00. The van der Waals surface area contributed by atoms with E-state index in [1.807, 2.05) is 6.07 Å². The van der Waals surface area contributed by atoms with E-state index in [0.717, 1.165) is 18.2 Å². The van der Waals surface area contributed by atoms with Crippen molar-refractivity contribution in [3.63, 3.8) is 0 Å². The van der Waals surface area contributed by atoms with Gasteiger partial charge >= 0.3 is 0 Å². The smallest absolute Gasteiger partial charge is 0.0422 e. The minimum atomic E-state index is 0.764. The van der Waals surface area contributed by atoms with Crippen molar-refractivity contribution >= 4 is 11.4 Å². The third kappa shape index (κ3) is 2.01. The molecule has 0 amide bonds. The maximum atomic E-state index is 6.07. The molecule has 1 heterocycles. The Labute approximate surface area is 104 Å². The summed E-state index contributed by atoms with van der Waals surface area (Å²) in [4.78, 5) is 2.62. The number of rotatable bonds is 1. The van der Waals surface area contributed by atoms with Crippen LogP contribution in [0.5, 0.6) is 0 Å². The Balaban J connectivity index is 1.84. The molecule has 0 spiro atoms. The van der Waals surface area contributed by atoms with Gasteiger partial charge in [-0.3, -0.25) is 0 Å². The average Bonchev–Trinajstić information content (AvgIpc) is 2.59. The zero-order valence-electron chi connectivity index (χ0n) is 10.5. The third-order valence-corrected chi connectivity index (χ3v) is 4.37. The molecule has 1 aliphatic heterocycles. The minimum absolute atomic E-state index is 0.764. The summed E-state index contributed by atoms with van der Waals surface area (Å²) in [6, 6.07) is 7.16. The van der Waals surface area contributed by atoms with Crippen molar-refractivity contribution in [3.8, 4) is 0 Å². The summed E-state index contributed by atoms with van der Waals surface area (Å²) in [6.45, 7) is 1.17. The molecule has 2 heteroatoms. The number of benzene rings is 1. The van der Waals surface area contributed by atoms with Crippen LogP contribution in [0.15, 0.2) is 18.2 Å². The van der Waals surface area contributed by atoms with Crippen molar-refractivity contribution in [2.45, 2.75) is 51.0 Å². The van der Waals surface area contributed by atoms with Crippen molar-refractivity contribution in [1.29, 1.82) is 0 Å². The maximum absolute atomic E-state index is 6.07. The van der Waals surface area contributed by atoms with Crippen molar-refractivity contribution in [3.05, 3.63) is 23.8 Å². The highest BCUT2D eigenvalue weighted by molar-refractivity contribution is 5.68. The number of nitrogens with two attached hydrogens (primary N) is 1. The zero-order valence-corrected chi connectivity index (χ0v) is 10.5. The first-order chi connectivity index (χ1) is 8.36. The molecule has 0 saturated heterocycles. The summed E-state index contributed by atoms with van der Waals surface area (Å²) in [6.07, 6.45) is 9.53. The molecule has 0 radical (unpaired) electrons. The molecule has 0 bridgehead atoms. The van der Waals surface area contributed by atoms with E-state index in [2.05, 4.69) is 17.0 Å². The number of hydrogen-bond acceptors (Lipinski definition) is 2. The second-order valence-corrected chi connectivity index (χ2v) is 5.43. The molecule has 0 aromatic heterocycles. The fraction of sp³-hybridized carbons (Fsp3) is 0.600. The number of hydrogen-bond donors (Lipinski definition) is 1. The van der Waals surface area contributed by atoms with Crippen molar-refractivity contribution in [2.24, 2.45) is 0 Å². The summed E-state index contributed by atoms with van der Waals surface area (Å²) in [5.74, 6) is 0. The number of fused-ring (bicyclic) bond motifs is 1. The lowest BCUT2D eigenvalue weighted by molar-refractivity contribution is 0.536. The van der Waals surface area contributed by atoms with E-state index in [4.69, 9.17) is 5.73 Å². The van der Waals surface area contributed by atoms with E-state index < -0.39 is 0 Å². The lowest BCUT2D eigenvalue weighted by Gasteiger charge is -2.29. The minimum Gasteiger partial charge on any atom is -0.398 e. The summed E-state index contributed by atoms with van der Waals surface area (Å²) >= 11 is 0. The summed E-state index contributed by atoms with van der Waals surface area (Å²) in [5, 5.41) is 0. The SMILES string of the molecule is Nc1cccc2c1CCN2C1CCCCCC1. The van der Waals surface area contributed by atoms with Crippen LogP contribution in [0.1, 0.15) is 44.1 Å². The monoisotopic (exact) mass is 230 g/mol. The highest BCUT2D eigenvalue weighted by atomic mass is 15.2. The fourth-order valence-corrected chi connectivity index (χ4v) is 3.43. The Kier molecular flexibility index (Phi) is 2.96. The molecule has 1 fully saturated rings. The van der Waals surface area contributed by atoms with E-state index in [9.17, 15) is 0 Å². The molecule has 3 rings (SSSR count). The second kappa shape index (κ2) is 4.59. The van der Waals surface area contributed by atoms with Gasteiger partial charge in [-0.1, -0.05) is 31.7 Å². The van der Waals surface area contributed by atoms with E-state index in [1.165, 1.54) is 56.3 Å². The number of nitrogens with zero attached hydrogens (tertiary/aromatic N) is 1. The lowest BCUT2D eigenvalue weighted by Crippen LogP contribution is -2.33. The first kappa shape index (κ1) is 10.9. The van der Waals surface area contributed by atoms with Crippen LogP contribution < -0.4 is 10.6 Å². The molecule has 17 heavy (non-hydrogen) atoms. The van der Waals surface area contributed by atoms with Gasteiger partial charge < -0.3 is 10.6 Å². The predicted molar refractivity (Wildman–Crippen MR) is 73.4 cm³/mol. The number of anilines is 2. The molecule has 1 aromatic rings. The van der Waals surface area contributed by atoms with Gasteiger partial charge in [0.05, 0.1) is 0 Å². The van der Waals surface area contributed by atoms with Gasteiger partial charge in [-0.05, 0) is 31.4 Å². The van der Waals surface area contributed by atoms with E-state index in [1.54, 1.807) is 0 Å². The topological polar surface area (TPSA) is 29.3 Å². The third-order valence-electron chi connectivity index (χ3n) is 4.37. The molecular formula is C15H22N2. The highest BCUT2D eigenvalue weighted by Gasteiger charge is 2.27. The average molecular weight is 230 g/mol. The van der Waals surface area contributed by atoms with Gasteiger partial charge in [0.2, 0.25) is 0 Å². The van der Waals surface area contributed by atoms with Crippen LogP contribution in [0.25, 0.3) is 0 Å². The second-order valence-electron chi connectivity index (χ2n) is 5.43. The van der Waals surface area contributed by atoms with Gasteiger partial charge in [0.1, 0.15) is 0 Å². The van der Waals surface area contributed by atoms with E-state index in [0.29, 0.717) is 0 Å². The Hall–Kier alpha value is -1.18. The van der Waals surface area contributed by atoms with Gasteiger partial charge in [-0.25, -0.2) is 0 Å². The molecule has 92 valence electrons. The summed E-state index contributed by atoms with van der Waals surface area (Å²) in [7, 11) is 0. The van der Waals surface area contributed by atoms with Crippen molar-refractivity contribution in [1.82, 2.24) is 0 Å². The number of nitrogen functional groups attached to an aromatic ring is 1. The molecule has 2 nitrogen and oxygen atoms in total. The van der Waals surface area contributed by atoms with E-state index in [-0.39, 0.29) is 0 Å². The van der Waals surface area contributed by atoms with Crippen LogP contribution in [-0.4, -0.2) is 12.6 Å². The molecule has 1 saturated carbocycles. The Morgan fingerprint density at radius 2 is 1.82 bits per heavy atom. The molecule has 1 aromatic carbocycles. The van der Waals surface area contributed by atoms with Crippen LogP contribution in [0.3, 0.4) is 0 Å². The largest absolute Gasteiger partial charge is 0.398 e. The van der Waals surface area contributed by atoms with Gasteiger partial charge in [0.15, 0.2) is 0 Å². The van der Waals surface area contributed by atoms with Crippen molar-refractivity contribution in [2.75, 3.05) is 17.2 Å². The van der Waals surface area contributed by atoms with Gasteiger partial charge in [-0.2, -0.15) is 0 Å². The molecule has 1 aliphatic carbocycles. The molecule has 2 aliphatic rings. The fourth-order valence-electron chi connectivity index (χ4n) is 3.43. The Morgan fingerprint density at radius 1 is 1.06 bits per heavy atom. The first-order valence-electron chi connectivity index (χ1n) is 7.00. The van der Waals surface area contributed by atoms with E-state index >= 15 is 0 Å². The van der Waals surface area contributed by atoms with Gasteiger partial charge in [0.25, 0.3) is 0 Å². The van der Waals surface area contributed by atoms with Gasteiger partial charge in [0, 0.05) is 29.5 Å². The van der Waals surface area contributed by atoms with Crippen LogP contribution in [0.4, 0.5) is 11.4 Å². The molecule has 2 N–H and O–H groups in total. The Morgan fingerprint density at radius 3 is 2.59 bits per heavy atom. The van der Waals surface area contributed by atoms with Gasteiger partial charge in [-0.15, -0.1) is 0 Å². The quantitative estimate of drug-likeness (QED) is 0.592. The lowest BCUT2D eigenvalue weighted by atomic mass is 10.1. The molecular weight excluding hydrogens is 208 g/mol. The summed E-state index contributed by atoms with van der Waals surface area (Å²) < 4.78 is 0. The van der Waals surface area contributed by atoms with Crippen LogP contribution in [-0.2, 0) is 6.42 Å². The summed E-state index contributed by atoms with van der Waals surface area (Å²) in [5.41, 5.74) is 9.85. The van der Waals surface area contributed by atoms with Crippen LogP contribution in [0, 0.1) is 0 Å². The van der Waals surface area contributed by atoms with Crippen LogP contribution in [0.2, 0.25) is 0 Å². The predicted octanol–water partition coefficient (Wildman–Crippen LogP) is 3.35. The molecule has 0 atom stereocenters. The normalized spacial score (nSPS) is 21.3.